The largest absolute Gasteiger partial charge is 0.481 e. The van der Waals surface area contributed by atoms with Gasteiger partial charge in [0.25, 0.3) is 0 Å². The molecule has 0 saturated carbocycles. The van der Waals surface area contributed by atoms with E-state index >= 15 is 0 Å². The zero-order valence-corrected chi connectivity index (χ0v) is 8.70. The number of rotatable bonds is 8. The van der Waals surface area contributed by atoms with Crippen molar-refractivity contribution in [3.05, 3.63) is 0 Å². The molecule has 0 unspecified atom stereocenters. The number of carboxylic acids is 1. The van der Waals surface area contributed by atoms with E-state index in [0.717, 1.165) is 12.8 Å². The maximum Gasteiger partial charge on any atom is 0.305 e. The maximum atomic E-state index is 11.0. The number of unbranched alkanes of at least 4 members (excludes halogenated alkanes) is 2. The molecule has 0 fully saturated rings. The summed E-state index contributed by atoms with van der Waals surface area (Å²) < 4.78 is 4.87. The lowest BCUT2D eigenvalue weighted by atomic mass is 10.2. The van der Waals surface area contributed by atoms with Crippen LogP contribution in [-0.2, 0) is 14.3 Å². The lowest BCUT2D eigenvalue weighted by Gasteiger charge is -2.02. The van der Waals surface area contributed by atoms with Gasteiger partial charge < -0.3 is 9.84 Å². The van der Waals surface area contributed by atoms with Crippen LogP contribution in [-0.4, -0.2) is 23.7 Å². The second kappa shape index (κ2) is 9.07. The van der Waals surface area contributed by atoms with Gasteiger partial charge in [-0.15, -0.1) is 12.3 Å². The molecule has 0 aliphatic carbocycles. The molecule has 0 bridgehead atoms. The normalized spacial score (nSPS) is 9.27. The van der Waals surface area contributed by atoms with Crippen molar-refractivity contribution in [3.8, 4) is 12.3 Å². The van der Waals surface area contributed by atoms with E-state index in [-0.39, 0.29) is 18.8 Å². The Morgan fingerprint density at radius 3 is 2.53 bits per heavy atom. The Labute approximate surface area is 89.6 Å². The van der Waals surface area contributed by atoms with E-state index < -0.39 is 5.97 Å². The first-order valence-corrected chi connectivity index (χ1v) is 4.97. The van der Waals surface area contributed by atoms with Gasteiger partial charge in [0.1, 0.15) is 0 Å². The molecule has 0 aliphatic heterocycles. The molecule has 0 rings (SSSR count). The Morgan fingerprint density at radius 2 is 1.93 bits per heavy atom. The molecule has 0 spiro atoms. The van der Waals surface area contributed by atoms with Gasteiger partial charge >= 0.3 is 11.9 Å². The van der Waals surface area contributed by atoms with Crippen LogP contribution in [0.5, 0.6) is 0 Å². The van der Waals surface area contributed by atoms with Crippen molar-refractivity contribution in [2.75, 3.05) is 6.61 Å². The molecule has 0 aromatic rings. The number of ether oxygens (including phenoxy) is 1. The molecule has 4 nitrogen and oxygen atoms in total. The van der Waals surface area contributed by atoms with Gasteiger partial charge in [-0.2, -0.15) is 0 Å². The number of hydrogen-bond donors (Lipinski definition) is 1. The molecule has 0 radical (unpaired) electrons. The summed E-state index contributed by atoms with van der Waals surface area (Å²) in [6.45, 7) is 0.369. The average Bonchev–Trinajstić information content (AvgIpc) is 2.17. The quantitative estimate of drug-likeness (QED) is 0.377. The molecule has 1 N–H and O–H groups in total. The van der Waals surface area contributed by atoms with E-state index in [4.69, 9.17) is 16.3 Å². The Bertz CT molecular complexity index is 239. The van der Waals surface area contributed by atoms with Crippen LogP contribution in [0.15, 0.2) is 0 Å². The van der Waals surface area contributed by atoms with Crippen LogP contribution in [0.3, 0.4) is 0 Å². The highest BCUT2D eigenvalue weighted by molar-refractivity contribution is 5.71. The summed E-state index contributed by atoms with van der Waals surface area (Å²) in [6.07, 6.45) is 7.85. The summed E-state index contributed by atoms with van der Waals surface area (Å²) in [5.41, 5.74) is 0. The van der Waals surface area contributed by atoms with Gasteiger partial charge in [-0.3, -0.25) is 9.59 Å². The highest BCUT2D eigenvalue weighted by Crippen LogP contribution is 2.00. The Hall–Kier alpha value is -1.50. The average molecular weight is 212 g/mol. The summed E-state index contributed by atoms with van der Waals surface area (Å²) in [4.78, 5) is 21.1. The van der Waals surface area contributed by atoms with Gasteiger partial charge in [-0.05, 0) is 19.3 Å². The maximum absolute atomic E-state index is 11.0. The van der Waals surface area contributed by atoms with Crippen LogP contribution >= 0.6 is 0 Å². The summed E-state index contributed by atoms with van der Waals surface area (Å²) in [5, 5.41) is 8.33. The Morgan fingerprint density at radius 1 is 1.20 bits per heavy atom. The van der Waals surface area contributed by atoms with Gasteiger partial charge in [0.05, 0.1) is 6.61 Å². The van der Waals surface area contributed by atoms with Gasteiger partial charge in [0.2, 0.25) is 0 Å². The van der Waals surface area contributed by atoms with E-state index in [0.29, 0.717) is 19.4 Å². The van der Waals surface area contributed by atoms with Gasteiger partial charge in [-0.1, -0.05) is 0 Å². The lowest BCUT2D eigenvalue weighted by Crippen LogP contribution is -2.06. The predicted octanol–water partition coefficient (Wildman–Crippen LogP) is 1.59. The van der Waals surface area contributed by atoms with E-state index in [2.05, 4.69) is 5.92 Å². The third kappa shape index (κ3) is 10.4. The summed E-state index contributed by atoms with van der Waals surface area (Å²) >= 11 is 0. The van der Waals surface area contributed by atoms with Crippen molar-refractivity contribution in [2.24, 2.45) is 0 Å². The van der Waals surface area contributed by atoms with E-state index in [1.54, 1.807) is 0 Å². The number of aliphatic carboxylic acids is 1. The zero-order chi connectivity index (χ0) is 11.5. The minimum Gasteiger partial charge on any atom is -0.481 e. The molecule has 4 heteroatoms. The molecule has 15 heavy (non-hydrogen) atoms. The third-order valence-electron chi connectivity index (χ3n) is 1.75. The molecule has 84 valence electrons. The van der Waals surface area contributed by atoms with Crippen LogP contribution in [0.1, 0.15) is 38.5 Å². The first-order valence-electron chi connectivity index (χ1n) is 4.97. The smallest absolute Gasteiger partial charge is 0.305 e. The number of carbonyl (C=O) groups excluding carboxylic acids is 1. The summed E-state index contributed by atoms with van der Waals surface area (Å²) in [6, 6.07) is 0. The second-order valence-electron chi connectivity index (χ2n) is 3.13. The first-order chi connectivity index (χ1) is 7.16. The number of hydrogen-bond acceptors (Lipinski definition) is 3. The lowest BCUT2D eigenvalue weighted by molar-refractivity contribution is -0.144. The Balaban J connectivity index is 3.27. The molecule has 0 amide bonds. The predicted molar refractivity (Wildman–Crippen MR) is 55.1 cm³/mol. The summed E-state index contributed by atoms with van der Waals surface area (Å²) in [5.74, 6) is 1.27. The monoisotopic (exact) mass is 212 g/mol. The zero-order valence-electron chi connectivity index (χ0n) is 8.70. The standard InChI is InChI=1S/C11H16O4/c1-2-3-4-5-9-15-11(14)8-6-7-10(12)13/h1H,3-9H2,(H,12,13). The highest BCUT2D eigenvalue weighted by atomic mass is 16.5. The van der Waals surface area contributed by atoms with E-state index in [9.17, 15) is 9.59 Å². The Kier molecular flexibility index (Phi) is 8.16. The van der Waals surface area contributed by atoms with Crippen molar-refractivity contribution >= 4 is 11.9 Å². The molecule has 0 atom stereocenters. The van der Waals surface area contributed by atoms with E-state index in [1.165, 1.54) is 0 Å². The molecule has 0 aliphatic rings. The molecule has 0 aromatic heterocycles. The number of terminal acetylenes is 1. The van der Waals surface area contributed by atoms with E-state index in [1.807, 2.05) is 0 Å². The van der Waals surface area contributed by atoms with Crippen molar-refractivity contribution in [3.63, 3.8) is 0 Å². The van der Waals surface area contributed by atoms with Gasteiger partial charge in [-0.25, -0.2) is 0 Å². The molecule has 0 aromatic carbocycles. The van der Waals surface area contributed by atoms with Crippen LogP contribution in [0.2, 0.25) is 0 Å². The highest BCUT2D eigenvalue weighted by Gasteiger charge is 2.04. The summed E-state index contributed by atoms with van der Waals surface area (Å²) in [7, 11) is 0. The van der Waals surface area contributed by atoms with Crippen molar-refractivity contribution in [1.29, 1.82) is 0 Å². The fourth-order valence-corrected chi connectivity index (χ4v) is 0.971. The second-order valence-corrected chi connectivity index (χ2v) is 3.13. The van der Waals surface area contributed by atoms with Gasteiger partial charge in [0.15, 0.2) is 0 Å². The van der Waals surface area contributed by atoms with Gasteiger partial charge in [0, 0.05) is 19.3 Å². The number of carboxylic acid groups (broad SMARTS) is 1. The minimum atomic E-state index is -0.892. The molecular weight excluding hydrogens is 196 g/mol. The van der Waals surface area contributed by atoms with Crippen LogP contribution < -0.4 is 0 Å². The third-order valence-corrected chi connectivity index (χ3v) is 1.75. The van der Waals surface area contributed by atoms with Crippen molar-refractivity contribution in [2.45, 2.75) is 38.5 Å². The number of esters is 1. The SMILES string of the molecule is C#CCCCCOC(=O)CCCC(=O)O. The minimum absolute atomic E-state index is 0.00614. The van der Waals surface area contributed by atoms with Crippen LogP contribution in [0.25, 0.3) is 0 Å². The number of carbonyl (C=O) groups is 2. The molecule has 0 heterocycles. The molecule has 0 saturated heterocycles. The van der Waals surface area contributed by atoms with Crippen LogP contribution in [0, 0.1) is 12.3 Å². The fourth-order valence-electron chi connectivity index (χ4n) is 0.971. The van der Waals surface area contributed by atoms with Crippen molar-refractivity contribution < 1.29 is 19.4 Å². The fraction of sp³-hybridized carbons (Fsp3) is 0.636. The van der Waals surface area contributed by atoms with Crippen LogP contribution in [0.4, 0.5) is 0 Å². The molecular formula is C11H16O4. The topological polar surface area (TPSA) is 63.6 Å². The first kappa shape index (κ1) is 13.5. The van der Waals surface area contributed by atoms with Crippen molar-refractivity contribution in [1.82, 2.24) is 0 Å².